The molecule has 1 aliphatic heterocycles. The smallest absolute Gasteiger partial charge is 0.323 e. The number of hydrogen-bond acceptors (Lipinski definition) is 5. The van der Waals surface area contributed by atoms with Crippen LogP contribution in [0.1, 0.15) is 22.5 Å². The maximum Gasteiger partial charge on any atom is 0.323 e. The van der Waals surface area contributed by atoms with Crippen LogP contribution in [0.2, 0.25) is 0 Å². The van der Waals surface area contributed by atoms with Crippen molar-refractivity contribution in [1.82, 2.24) is 9.88 Å². The molecule has 7 nitrogen and oxygen atoms in total. The van der Waals surface area contributed by atoms with Crippen molar-refractivity contribution in [3.05, 3.63) is 29.6 Å². The zero-order valence-electron chi connectivity index (χ0n) is 11.5. The molecule has 21 heavy (non-hydrogen) atoms. The third-order valence-electron chi connectivity index (χ3n) is 3.43. The van der Waals surface area contributed by atoms with Gasteiger partial charge >= 0.3 is 5.97 Å². The molecule has 1 aliphatic rings. The second-order valence-electron chi connectivity index (χ2n) is 5.05. The molecule has 1 amide bonds. The van der Waals surface area contributed by atoms with Gasteiger partial charge in [0.15, 0.2) is 9.84 Å². The molecule has 0 aliphatic carbocycles. The van der Waals surface area contributed by atoms with Crippen LogP contribution in [0.15, 0.2) is 18.3 Å². The summed E-state index contributed by atoms with van der Waals surface area (Å²) in [7, 11) is -3.21. The van der Waals surface area contributed by atoms with E-state index < -0.39 is 34.3 Å². The molecule has 0 saturated carbocycles. The number of sulfone groups is 1. The summed E-state index contributed by atoms with van der Waals surface area (Å²) in [5, 5.41) is 8.98. The van der Waals surface area contributed by atoms with Gasteiger partial charge in [-0.3, -0.25) is 14.6 Å². The summed E-state index contributed by atoms with van der Waals surface area (Å²) in [4.78, 5) is 28.6. The standard InChI is InChI=1S/C13H16N2O5S/c1-9-3-2-5-14-12(9)13(18)15(7-11(16)17)10-4-6-21(19,20)8-10/h2-3,5,10H,4,6-8H2,1H3,(H,16,17). The van der Waals surface area contributed by atoms with Gasteiger partial charge in [0, 0.05) is 12.2 Å². The molecule has 2 heterocycles. The van der Waals surface area contributed by atoms with Crippen molar-refractivity contribution >= 4 is 21.7 Å². The Labute approximate surface area is 122 Å². The number of carbonyl (C=O) groups is 2. The topological polar surface area (TPSA) is 105 Å². The molecule has 1 saturated heterocycles. The minimum Gasteiger partial charge on any atom is -0.480 e. The summed E-state index contributed by atoms with van der Waals surface area (Å²) in [5.41, 5.74) is 0.779. The fourth-order valence-electron chi connectivity index (χ4n) is 2.38. The largest absolute Gasteiger partial charge is 0.480 e. The summed E-state index contributed by atoms with van der Waals surface area (Å²) in [6, 6.07) is 2.76. The molecule has 1 aromatic rings. The molecular formula is C13H16N2O5S. The number of nitrogens with zero attached hydrogens (tertiary/aromatic N) is 2. The highest BCUT2D eigenvalue weighted by atomic mass is 32.2. The van der Waals surface area contributed by atoms with E-state index in [2.05, 4.69) is 4.98 Å². The Morgan fingerprint density at radius 2 is 2.19 bits per heavy atom. The minimum absolute atomic E-state index is 0.0255. The lowest BCUT2D eigenvalue weighted by Crippen LogP contribution is -2.44. The van der Waals surface area contributed by atoms with Crippen molar-refractivity contribution in [3.63, 3.8) is 0 Å². The van der Waals surface area contributed by atoms with Gasteiger partial charge in [0.25, 0.3) is 5.91 Å². The van der Waals surface area contributed by atoms with Crippen molar-refractivity contribution in [2.75, 3.05) is 18.1 Å². The molecule has 2 rings (SSSR count). The van der Waals surface area contributed by atoms with E-state index in [1.165, 1.54) is 6.20 Å². The van der Waals surface area contributed by atoms with Crippen molar-refractivity contribution < 1.29 is 23.1 Å². The molecular weight excluding hydrogens is 296 g/mol. The molecule has 0 bridgehead atoms. The number of hydrogen-bond donors (Lipinski definition) is 1. The highest BCUT2D eigenvalue weighted by Crippen LogP contribution is 2.20. The SMILES string of the molecule is Cc1cccnc1C(=O)N(CC(=O)O)C1CCS(=O)(=O)C1. The molecule has 8 heteroatoms. The Bertz CT molecular complexity index is 671. The molecule has 1 aromatic heterocycles. The first kappa shape index (κ1) is 15.4. The van der Waals surface area contributed by atoms with Gasteiger partial charge in [0.1, 0.15) is 12.2 Å². The van der Waals surface area contributed by atoms with Gasteiger partial charge < -0.3 is 10.0 Å². The number of pyridine rings is 1. The zero-order valence-corrected chi connectivity index (χ0v) is 12.3. The lowest BCUT2D eigenvalue weighted by atomic mass is 10.1. The minimum atomic E-state index is -3.21. The lowest BCUT2D eigenvalue weighted by Gasteiger charge is -2.26. The molecule has 0 radical (unpaired) electrons. The van der Waals surface area contributed by atoms with Crippen LogP contribution in [-0.2, 0) is 14.6 Å². The van der Waals surface area contributed by atoms with E-state index in [1.54, 1.807) is 19.1 Å². The zero-order chi connectivity index (χ0) is 15.6. The number of carbonyl (C=O) groups excluding carboxylic acids is 1. The third kappa shape index (κ3) is 3.57. The first-order valence-electron chi connectivity index (χ1n) is 6.45. The number of carboxylic acids is 1. The van der Waals surface area contributed by atoms with E-state index in [-0.39, 0.29) is 23.6 Å². The predicted molar refractivity (Wildman–Crippen MR) is 74.7 cm³/mol. The maximum absolute atomic E-state index is 12.5. The van der Waals surface area contributed by atoms with Crippen molar-refractivity contribution in [2.45, 2.75) is 19.4 Å². The first-order chi connectivity index (χ1) is 9.80. The number of aryl methyl sites for hydroxylation is 1. The fourth-order valence-corrected chi connectivity index (χ4v) is 4.11. The van der Waals surface area contributed by atoms with Crippen LogP contribution in [0.25, 0.3) is 0 Å². The highest BCUT2D eigenvalue weighted by Gasteiger charge is 2.36. The van der Waals surface area contributed by atoms with Gasteiger partial charge in [-0.1, -0.05) is 6.07 Å². The van der Waals surface area contributed by atoms with Crippen LogP contribution in [0.4, 0.5) is 0 Å². The molecule has 1 N–H and O–H groups in total. The molecule has 114 valence electrons. The van der Waals surface area contributed by atoms with E-state index >= 15 is 0 Å². The van der Waals surface area contributed by atoms with Crippen LogP contribution in [0.5, 0.6) is 0 Å². The van der Waals surface area contributed by atoms with Crippen LogP contribution in [-0.4, -0.2) is 59.4 Å². The van der Waals surface area contributed by atoms with Crippen LogP contribution in [0, 0.1) is 6.92 Å². The normalized spacial score (nSPS) is 20.1. The summed E-state index contributed by atoms with van der Waals surface area (Å²) < 4.78 is 23.1. The van der Waals surface area contributed by atoms with Gasteiger partial charge in [-0.15, -0.1) is 0 Å². The number of amides is 1. The van der Waals surface area contributed by atoms with E-state index in [0.717, 1.165) is 4.90 Å². The molecule has 1 fully saturated rings. The highest BCUT2D eigenvalue weighted by molar-refractivity contribution is 7.91. The Morgan fingerprint density at radius 3 is 2.71 bits per heavy atom. The van der Waals surface area contributed by atoms with Crippen LogP contribution in [0.3, 0.4) is 0 Å². The third-order valence-corrected chi connectivity index (χ3v) is 5.18. The van der Waals surface area contributed by atoms with Gasteiger partial charge in [-0.2, -0.15) is 0 Å². The summed E-state index contributed by atoms with van der Waals surface area (Å²) in [6.45, 7) is 1.17. The number of rotatable bonds is 4. The fraction of sp³-hybridized carbons (Fsp3) is 0.462. The Balaban J connectivity index is 2.30. The van der Waals surface area contributed by atoms with E-state index in [1.807, 2.05) is 0 Å². The number of aliphatic carboxylic acids is 1. The lowest BCUT2D eigenvalue weighted by molar-refractivity contribution is -0.138. The van der Waals surface area contributed by atoms with Crippen molar-refractivity contribution in [1.29, 1.82) is 0 Å². The summed E-state index contributed by atoms with van der Waals surface area (Å²) >= 11 is 0. The van der Waals surface area contributed by atoms with Gasteiger partial charge in [0.05, 0.1) is 11.5 Å². The average molecular weight is 312 g/mol. The Morgan fingerprint density at radius 1 is 1.48 bits per heavy atom. The Hall–Kier alpha value is -1.96. The van der Waals surface area contributed by atoms with Crippen molar-refractivity contribution in [2.24, 2.45) is 0 Å². The average Bonchev–Trinajstić information content (AvgIpc) is 2.76. The van der Waals surface area contributed by atoms with Crippen LogP contribution >= 0.6 is 0 Å². The monoisotopic (exact) mass is 312 g/mol. The summed E-state index contributed by atoms with van der Waals surface area (Å²) in [5.74, 6) is -1.95. The predicted octanol–water partition coefficient (Wildman–Crippen LogP) is 0.104. The molecule has 1 unspecified atom stereocenters. The maximum atomic E-state index is 12.5. The van der Waals surface area contributed by atoms with E-state index in [9.17, 15) is 18.0 Å². The Kier molecular flexibility index (Phi) is 4.26. The van der Waals surface area contributed by atoms with Crippen molar-refractivity contribution in [3.8, 4) is 0 Å². The quantitative estimate of drug-likeness (QED) is 0.845. The second-order valence-corrected chi connectivity index (χ2v) is 7.28. The summed E-state index contributed by atoms with van der Waals surface area (Å²) in [6.07, 6.45) is 1.71. The van der Waals surface area contributed by atoms with Gasteiger partial charge in [0.2, 0.25) is 0 Å². The number of carboxylic acid groups (broad SMARTS) is 1. The van der Waals surface area contributed by atoms with Gasteiger partial charge in [-0.25, -0.2) is 8.42 Å². The van der Waals surface area contributed by atoms with E-state index in [4.69, 9.17) is 5.11 Å². The number of aromatic nitrogens is 1. The van der Waals surface area contributed by atoms with E-state index in [0.29, 0.717) is 5.56 Å². The second kappa shape index (κ2) is 5.80. The van der Waals surface area contributed by atoms with Gasteiger partial charge in [-0.05, 0) is 25.0 Å². The first-order valence-corrected chi connectivity index (χ1v) is 8.27. The molecule has 1 atom stereocenters. The molecule has 0 spiro atoms. The van der Waals surface area contributed by atoms with Crippen LogP contribution < -0.4 is 0 Å². The molecule has 0 aromatic carbocycles.